The number of rotatable bonds is 6. The van der Waals surface area contributed by atoms with Gasteiger partial charge in [0, 0.05) is 16.6 Å². The van der Waals surface area contributed by atoms with Crippen molar-refractivity contribution < 1.29 is 0 Å². The Morgan fingerprint density at radius 1 is 1.08 bits per heavy atom. The second kappa shape index (κ2) is 7.71. The number of imidazole rings is 1. The largest absolute Gasteiger partial charge is 0.311 e. The Morgan fingerprint density at radius 3 is 2.44 bits per heavy atom. The van der Waals surface area contributed by atoms with Gasteiger partial charge in [0.25, 0.3) is 0 Å². The number of aromatic nitrogens is 4. The Bertz CT molecular complexity index is 883. The highest BCUT2D eigenvalue weighted by Crippen LogP contribution is 2.32. The third kappa shape index (κ3) is 3.65. The summed E-state index contributed by atoms with van der Waals surface area (Å²) in [4.78, 5) is 14.0. The summed E-state index contributed by atoms with van der Waals surface area (Å²) in [5.41, 5.74) is 3.92. The number of nitrogens with zero attached hydrogens (tertiary/aromatic N) is 4. The van der Waals surface area contributed by atoms with Crippen molar-refractivity contribution in [2.24, 2.45) is 0 Å². The molecule has 6 heteroatoms. The number of aryl methyl sites for hydroxylation is 1. The molecule has 0 aliphatic heterocycles. The molecule has 2 heterocycles. The van der Waals surface area contributed by atoms with E-state index >= 15 is 0 Å². The Kier molecular flexibility index (Phi) is 5.60. The van der Waals surface area contributed by atoms with Crippen molar-refractivity contribution in [3.05, 3.63) is 40.3 Å². The van der Waals surface area contributed by atoms with Gasteiger partial charge in [-0.3, -0.25) is 0 Å². The lowest BCUT2D eigenvalue weighted by atomic mass is 10.1. The second-order valence-corrected chi connectivity index (χ2v) is 7.16. The van der Waals surface area contributed by atoms with Gasteiger partial charge in [-0.05, 0) is 38.0 Å². The van der Waals surface area contributed by atoms with Crippen LogP contribution in [0.2, 0.25) is 10.0 Å². The predicted molar refractivity (Wildman–Crippen MR) is 104 cm³/mol. The monoisotopic (exact) mass is 376 g/mol. The Balaban J connectivity index is 2.09. The van der Waals surface area contributed by atoms with Crippen molar-refractivity contribution in [1.82, 2.24) is 19.5 Å². The fraction of sp³-hybridized carbons (Fsp3) is 0.421. The summed E-state index contributed by atoms with van der Waals surface area (Å²) in [6, 6.07) is 5.83. The van der Waals surface area contributed by atoms with Crippen LogP contribution in [-0.2, 0) is 0 Å². The van der Waals surface area contributed by atoms with Crippen molar-refractivity contribution >= 4 is 34.5 Å². The van der Waals surface area contributed by atoms with Gasteiger partial charge in [-0.25, -0.2) is 15.0 Å². The molecule has 0 amide bonds. The SMILES string of the molecule is CCCC(CCC)n1cnc2nc(-c3ccc(Cl)cc3Cl)c(C)nc21. The van der Waals surface area contributed by atoms with E-state index in [4.69, 9.17) is 33.2 Å². The smallest absolute Gasteiger partial charge is 0.198 e. The first kappa shape index (κ1) is 18.2. The van der Waals surface area contributed by atoms with Crippen LogP contribution in [0.3, 0.4) is 0 Å². The Labute approximate surface area is 158 Å². The summed E-state index contributed by atoms with van der Waals surface area (Å²) in [5, 5.41) is 1.17. The fourth-order valence-electron chi connectivity index (χ4n) is 3.22. The van der Waals surface area contributed by atoms with E-state index in [1.165, 1.54) is 0 Å². The molecule has 0 N–H and O–H groups in total. The highest BCUT2D eigenvalue weighted by Gasteiger charge is 2.18. The Hall–Kier alpha value is -1.65. The summed E-state index contributed by atoms with van der Waals surface area (Å²) < 4.78 is 2.18. The minimum absolute atomic E-state index is 0.415. The fourth-order valence-corrected chi connectivity index (χ4v) is 3.72. The first-order chi connectivity index (χ1) is 12.0. The summed E-state index contributed by atoms with van der Waals surface area (Å²) in [6.45, 7) is 6.37. The molecule has 25 heavy (non-hydrogen) atoms. The molecule has 4 nitrogen and oxygen atoms in total. The average Bonchev–Trinajstić information content (AvgIpc) is 2.97. The maximum absolute atomic E-state index is 6.35. The second-order valence-electron chi connectivity index (χ2n) is 6.31. The molecule has 0 fully saturated rings. The highest BCUT2D eigenvalue weighted by molar-refractivity contribution is 6.36. The summed E-state index contributed by atoms with van der Waals surface area (Å²) >= 11 is 12.3. The minimum Gasteiger partial charge on any atom is -0.311 e. The van der Waals surface area contributed by atoms with E-state index < -0.39 is 0 Å². The summed E-state index contributed by atoms with van der Waals surface area (Å²) in [6.07, 6.45) is 6.37. The first-order valence-corrected chi connectivity index (χ1v) is 9.47. The zero-order valence-electron chi connectivity index (χ0n) is 14.8. The molecule has 0 bridgehead atoms. The molecule has 0 aliphatic rings. The van der Waals surface area contributed by atoms with E-state index in [-0.39, 0.29) is 0 Å². The van der Waals surface area contributed by atoms with Gasteiger partial charge in [-0.15, -0.1) is 0 Å². The van der Waals surface area contributed by atoms with Crippen molar-refractivity contribution in [2.75, 3.05) is 0 Å². The molecule has 0 atom stereocenters. The van der Waals surface area contributed by atoms with Crippen LogP contribution >= 0.6 is 23.2 Å². The number of benzene rings is 1. The first-order valence-electron chi connectivity index (χ1n) is 8.71. The van der Waals surface area contributed by atoms with E-state index in [1.54, 1.807) is 6.07 Å². The molecule has 132 valence electrons. The number of hydrogen-bond donors (Lipinski definition) is 0. The maximum Gasteiger partial charge on any atom is 0.198 e. The van der Waals surface area contributed by atoms with E-state index in [2.05, 4.69) is 23.4 Å². The van der Waals surface area contributed by atoms with Gasteiger partial charge in [0.05, 0.1) is 22.7 Å². The minimum atomic E-state index is 0.415. The number of halogens is 2. The van der Waals surface area contributed by atoms with Crippen molar-refractivity contribution in [2.45, 2.75) is 52.5 Å². The average molecular weight is 377 g/mol. The molecule has 0 unspecified atom stereocenters. The molecule has 0 radical (unpaired) electrons. The molecule has 0 saturated heterocycles. The molecule has 2 aromatic heterocycles. The topological polar surface area (TPSA) is 43.6 Å². The molecule has 3 rings (SSSR count). The normalized spacial score (nSPS) is 11.6. The number of hydrogen-bond acceptors (Lipinski definition) is 3. The van der Waals surface area contributed by atoms with Gasteiger partial charge < -0.3 is 4.57 Å². The zero-order chi connectivity index (χ0) is 18.0. The lowest BCUT2D eigenvalue weighted by molar-refractivity contribution is 0.433. The molecular formula is C19H22Cl2N4. The predicted octanol–water partition coefficient (Wildman–Crippen LogP) is 6.25. The summed E-state index contributed by atoms with van der Waals surface area (Å²) in [5.74, 6) is 0. The van der Waals surface area contributed by atoms with Crippen LogP contribution in [0.25, 0.3) is 22.6 Å². The lowest BCUT2D eigenvalue weighted by Crippen LogP contribution is -2.09. The summed E-state index contributed by atoms with van der Waals surface area (Å²) in [7, 11) is 0. The molecule has 1 aromatic carbocycles. The number of fused-ring (bicyclic) bond motifs is 1. The quantitative estimate of drug-likeness (QED) is 0.510. The molecule has 0 saturated carbocycles. The van der Waals surface area contributed by atoms with E-state index in [0.29, 0.717) is 21.7 Å². The third-order valence-corrected chi connectivity index (χ3v) is 4.95. The molecular weight excluding hydrogens is 355 g/mol. The highest BCUT2D eigenvalue weighted by atomic mass is 35.5. The Morgan fingerprint density at radius 2 is 1.80 bits per heavy atom. The van der Waals surface area contributed by atoms with Crippen LogP contribution in [0.15, 0.2) is 24.5 Å². The van der Waals surface area contributed by atoms with Crippen molar-refractivity contribution in [1.29, 1.82) is 0 Å². The van der Waals surface area contributed by atoms with Crippen LogP contribution in [-0.4, -0.2) is 19.5 Å². The van der Waals surface area contributed by atoms with E-state index in [9.17, 15) is 0 Å². The third-order valence-electron chi connectivity index (χ3n) is 4.41. The standard InChI is InChI=1S/C19H22Cl2N4/c1-4-6-14(7-5-2)25-11-22-18-19(25)23-12(3)17(24-18)15-9-8-13(20)10-16(15)21/h8-11,14H,4-7H2,1-3H3. The van der Waals surface area contributed by atoms with Crippen LogP contribution in [0.1, 0.15) is 51.3 Å². The molecule has 0 aliphatic carbocycles. The van der Waals surface area contributed by atoms with Gasteiger partial charge >= 0.3 is 0 Å². The van der Waals surface area contributed by atoms with Gasteiger partial charge in [-0.1, -0.05) is 49.9 Å². The molecule has 3 aromatic rings. The van der Waals surface area contributed by atoms with Crippen LogP contribution < -0.4 is 0 Å². The van der Waals surface area contributed by atoms with Gasteiger partial charge in [-0.2, -0.15) is 0 Å². The van der Waals surface area contributed by atoms with Crippen LogP contribution in [0.5, 0.6) is 0 Å². The van der Waals surface area contributed by atoms with Gasteiger partial charge in [0.15, 0.2) is 11.3 Å². The van der Waals surface area contributed by atoms with Gasteiger partial charge in [0.1, 0.15) is 0 Å². The van der Waals surface area contributed by atoms with E-state index in [0.717, 1.165) is 48.3 Å². The maximum atomic E-state index is 6.35. The van der Waals surface area contributed by atoms with E-state index in [1.807, 2.05) is 25.4 Å². The van der Waals surface area contributed by atoms with Crippen molar-refractivity contribution in [3.63, 3.8) is 0 Å². The zero-order valence-corrected chi connectivity index (χ0v) is 16.3. The lowest BCUT2D eigenvalue weighted by Gasteiger charge is -2.17. The van der Waals surface area contributed by atoms with Crippen molar-refractivity contribution in [3.8, 4) is 11.3 Å². The van der Waals surface area contributed by atoms with Crippen LogP contribution in [0.4, 0.5) is 0 Å². The van der Waals surface area contributed by atoms with Crippen LogP contribution in [0, 0.1) is 6.92 Å². The van der Waals surface area contributed by atoms with Gasteiger partial charge in [0.2, 0.25) is 0 Å². The molecule has 0 spiro atoms.